The van der Waals surface area contributed by atoms with Crippen molar-refractivity contribution in [3.8, 4) is 0 Å². The molecule has 24 heavy (non-hydrogen) atoms. The Morgan fingerprint density at radius 1 is 0.875 bits per heavy atom. The maximum atomic E-state index is 10.6. The number of hydrogen-bond donors (Lipinski definition) is 2. The fourth-order valence-corrected chi connectivity index (χ4v) is 4.70. The minimum absolute atomic E-state index is 0.0957. The lowest BCUT2D eigenvalue weighted by atomic mass is 9.80. The van der Waals surface area contributed by atoms with Gasteiger partial charge < -0.3 is 14.9 Å². The SMILES string of the molecule is Cc1cc2cccc3ccc4cc5c(c1c4c32)[C@@H]1O[C@@H]1[C@H](O)[C@H]5O. The largest absolute Gasteiger partial charge is 0.387 e. The number of ether oxygens (including phenoxy) is 1. The highest BCUT2D eigenvalue weighted by molar-refractivity contribution is 6.24. The van der Waals surface area contributed by atoms with E-state index in [4.69, 9.17) is 4.74 Å². The van der Waals surface area contributed by atoms with Crippen LogP contribution < -0.4 is 0 Å². The van der Waals surface area contributed by atoms with Crippen molar-refractivity contribution in [2.24, 2.45) is 0 Å². The summed E-state index contributed by atoms with van der Waals surface area (Å²) in [6.07, 6.45) is -2.09. The number of aliphatic hydroxyl groups excluding tert-OH is 2. The second kappa shape index (κ2) is 4.06. The average Bonchev–Trinajstić information content (AvgIpc) is 3.38. The van der Waals surface area contributed by atoms with Crippen LogP contribution in [0.25, 0.3) is 32.3 Å². The molecule has 0 amide bonds. The first kappa shape index (κ1) is 13.1. The topological polar surface area (TPSA) is 53.0 Å². The van der Waals surface area contributed by atoms with Crippen molar-refractivity contribution >= 4 is 32.3 Å². The van der Waals surface area contributed by atoms with Gasteiger partial charge in [0, 0.05) is 0 Å². The summed E-state index contributed by atoms with van der Waals surface area (Å²) < 4.78 is 5.72. The van der Waals surface area contributed by atoms with Crippen LogP contribution in [-0.2, 0) is 4.74 Å². The molecule has 4 atom stereocenters. The van der Waals surface area contributed by atoms with Crippen LogP contribution in [0, 0.1) is 6.92 Å². The van der Waals surface area contributed by atoms with Gasteiger partial charge in [0.2, 0.25) is 0 Å². The van der Waals surface area contributed by atoms with E-state index in [0.29, 0.717) is 0 Å². The summed E-state index contributed by atoms with van der Waals surface area (Å²) >= 11 is 0. The lowest BCUT2D eigenvalue weighted by Crippen LogP contribution is -2.29. The minimum Gasteiger partial charge on any atom is -0.387 e. The molecule has 2 aliphatic rings. The Hall–Kier alpha value is -2.20. The molecule has 0 radical (unpaired) electrons. The van der Waals surface area contributed by atoms with Crippen molar-refractivity contribution in [1.29, 1.82) is 0 Å². The molecule has 3 heteroatoms. The third-order valence-electron chi connectivity index (χ3n) is 5.81. The predicted octanol–water partition coefficient (Wildman–Crippen LogP) is 3.74. The summed E-state index contributed by atoms with van der Waals surface area (Å²) in [5, 5.41) is 28.1. The Morgan fingerprint density at radius 2 is 1.62 bits per heavy atom. The Morgan fingerprint density at radius 3 is 2.50 bits per heavy atom. The van der Waals surface area contributed by atoms with Gasteiger partial charge in [0.1, 0.15) is 24.4 Å². The van der Waals surface area contributed by atoms with Gasteiger partial charge in [-0.25, -0.2) is 0 Å². The van der Waals surface area contributed by atoms with Crippen LogP contribution in [0.5, 0.6) is 0 Å². The molecule has 4 aromatic carbocycles. The zero-order chi connectivity index (χ0) is 16.2. The molecule has 2 N–H and O–H groups in total. The third-order valence-corrected chi connectivity index (χ3v) is 5.81. The van der Waals surface area contributed by atoms with E-state index in [-0.39, 0.29) is 12.2 Å². The maximum absolute atomic E-state index is 10.6. The highest BCUT2D eigenvalue weighted by Crippen LogP contribution is 2.55. The molecule has 1 aliphatic heterocycles. The molecule has 4 aromatic rings. The molecule has 3 nitrogen and oxygen atoms in total. The fraction of sp³-hybridized carbons (Fsp3) is 0.238. The summed E-state index contributed by atoms with van der Waals surface area (Å²) in [6.45, 7) is 2.12. The van der Waals surface area contributed by atoms with Crippen LogP contribution in [0.3, 0.4) is 0 Å². The number of aliphatic hydroxyl groups is 2. The Labute approximate surface area is 138 Å². The van der Waals surface area contributed by atoms with Crippen molar-refractivity contribution in [3.05, 3.63) is 59.2 Å². The van der Waals surface area contributed by atoms with Crippen molar-refractivity contribution in [2.45, 2.75) is 31.3 Å². The van der Waals surface area contributed by atoms with Gasteiger partial charge in [0.25, 0.3) is 0 Å². The van der Waals surface area contributed by atoms with Gasteiger partial charge in [0.05, 0.1) is 0 Å². The van der Waals surface area contributed by atoms with E-state index in [1.807, 2.05) is 6.07 Å². The molecule has 0 aromatic heterocycles. The summed E-state index contributed by atoms with van der Waals surface area (Å²) in [7, 11) is 0. The summed E-state index contributed by atoms with van der Waals surface area (Å²) in [6, 6.07) is 14.9. The van der Waals surface area contributed by atoms with E-state index in [1.165, 1.54) is 32.5 Å². The minimum atomic E-state index is -0.884. The molecule has 1 heterocycles. The smallest absolute Gasteiger partial charge is 0.118 e. The number of aryl methyl sites for hydroxylation is 1. The van der Waals surface area contributed by atoms with E-state index in [0.717, 1.165) is 16.5 Å². The Kier molecular flexibility index (Phi) is 2.22. The first-order valence-electron chi connectivity index (χ1n) is 8.37. The molecule has 1 aliphatic carbocycles. The highest BCUT2D eigenvalue weighted by Gasteiger charge is 2.54. The normalized spacial score (nSPS) is 28.5. The lowest BCUT2D eigenvalue weighted by Gasteiger charge is -2.26. The van der Waals surface area contributed by atoms with Gasteiger partial charge >= 0.3 is 0 Å². The highest BCUT2D eigenvalue weighted by atomic mass is 16.6. The zero-order valence-corrected chi connectivity index (χ0v) is 13.2. The van der Waals surface area contributed by atoms with E-state index < -0.39 is 12.2 Å². The van der Waals surface area contributed by atoms with Crippen molar-refractivity contribution in [1.82, 2.24) is 0 Å². The van der Waals surface area contributed by atoms with Crippen LogP contribution in [0.1, 0.15) is 28.9 Å². The predicted molar refractivity (Wildman–Crippen MR) is 93.5 cm³/mol. The second-order valence-electron chi connectivity index (χ2n) is 7.15. The van der Waals surface area contributed by atoms with Gasteiger partial charge in [-0.1, -0.05) is 36.4 Å². The molecule has 0 unspecified atom stereocenters. The molecule has 0 spiro atoms. The van der Waals surface area contributed by atoms with Crippen LogP contribution >= 0.6 is 0 Å². The van der Waals surface area contributed by atoms with Crippen LogP contribution in [0.15, 0.2) is 42.5 Å². The van der Waals surface area contributed by atoms with Crippen LogP contribution in [0.4, 0.5) is 0 Å². The molecular weight excluding hydrogens is 300 g/mol. The van der Waals surface area contributed by atoms with Gasteiger partial charge in [-0.05, 0) is 62.0 Å². The first-order chi connectivity index (χ1) is 11.6. The number of benzene rings is 4. The van der Waals surface area contributed by atoms with Gasteiger partial charge in [-0.2, -0.15) is 0 Å². The quantitative estimate of drug-likeness (QED) is 0.384. The Bertz CT molecular complexity index is 1150. The fourth-order valence-electron chi connectivity index (χ4n) is 4.70. The standard InChI is InChI=1S/C21H16O3/c1-9-7-11-4-2-3-10-5-6-12-8-13-17(14(9)16(12)15(10)11)20-21(24-20)19(23)18(13)22/h2-8,18-23H,1H3/t18-,19+,20-,21+/m0/s1. The Balaban J connectivity index is 1.89. The van der Waals surface area contributed by atoms with Crippen molar-refractivity contribution in [3.63, 3.8) is 0 Å². The van der Waals surface area contributed by atoms with E-state index in [2.05, 4.69) is 43.3 Å². The molecule has 0 bridgehead atoms. The van der Waals surface area contributed by atoms with Crippen molar-refractivity contribution in [2.75, 3.05) is 0 Å². The van der Waals surface area contributed by atoms with E-state index in [1.54, 1.807) is 0 Å². The molecular formula is C21H16O3. The second-order valence-corrected chi connectivity index (χ2v) is 7.15. The van der Waals surface area contributed by atoms with E-state index in [9.17, 15) is 10.2 Å². The maximum Gasteiger partial charge on any atom is 0.118 e. The summed E-state index contributed by atoms with van der Waals surface area (Å²) in [4.78, 5) is 0. The zero-order valence-electron chi connectivity index (χ0n) is 13.2. The lowest BCUT2D eigenvalue weighted by molar-refractivity contribution is 0.000161. The van der Waals surface area contributed by atoms with Crippen LogP contribution in [-0.4, -0.2) is 22.4 Å². The average molecular weight is 316 g/mol. The summed E-state index contributed by atoms with van der Waals surface area (Å²) in [5.41, 5.74) is 3.08. The monoisotopic (exact) mass is 316 g/mol. The number of rotatable bonds is 0. The molecule has 0 saturated carbocycles. The number of hydrogen-bond acceptors (Lipinski definition) is 3. The number of epoxide rings is 1. The third kappa shape index (κ3) is 1.40. The molecule has 1 fully saturated rings. The van der Waals surface area contributed by atoms with Crippen molar-refractivity contribution < 1.29 is 14.9 Å². The number of fused-ring (bicyclic) bond motifs is 4. The first-order valence-corrected chi connectivity index (χ1v) is 8.37. The molecule has 118 valence electrons. The van der Waals surface area contributed by atoms with Crippen LogP contribution in [0.2, 0.25) is 0 Å². The molecule has 6 rings (SSSR count). The van der Waals surface area contributed by atoms with Gasteiger partial charge in [-0.3, -0.25) is 0 Å². The van der Waals surface area contributed by atoms with E-state index >= 15 is 0 Å². The van der Waals surface area contributed by atoms with Gasteiger partial charge in [0.15, 0.2) is 0 Å². The summed E-state index contributed by atoms with van der Waals surface area (Å²) in [5.74, 6) is 0. The molecule has 1 saturated heterocycles. The van der Waals surface area contributed by atoms with Gasteiger partial charge in [-0.15, -0.1) is 0 Å².